The number of halogens is 1. The lowest BCUT2D eigenvalue weighted by Gasteiger charge is -2.26. The molecule has 0 saturated heterocycles. The van der Waals surface area contributed by atoms with Gasteiger partial charge in [-0.1, -0.05) is 48.5 Å². The normalized spacial score (nSPS) is 13.6. The topological polar surface area (TPSA) is 3.24 Å². The Labute approximate surface area is 119 Å². The van der Waals surface area contributed by atoms with Gasteiger partial charge in [-0.2, -0.15) is 0 Å². The fourth-order valence-electron chi connectivity index (χ4n) is 3.04. The van der Waals surface area contributed by atoms with Crippen LogP contribution in [0.4, 0.5) is 0 Å². The summed E-state index contributed by atoms with van der Waals surface area (Å²) < 4.78 is 0. The second kappa shape index (κ2) is 5.36. The maximum atomic E-state index is 5.83. The first-order chi connectivity index (χ1) is 9.33. The lowest BCUT2D eigenvalue weighted by Crippen LogP contribution is -2.25. The molecule has 0 spiro atoms. The second-order valence-electron chi connectivity index (χ2n) is 5.10. The number of nitrogens with zero attached hydrogens (tertiary/aromatic N) is 1. The second-order valence-corrected chi connectivity index (χ2v) is 5.48. The predicted octanol–water partition coefficient (Wildman–Crippen LogP) is 4.32. The Balaban J connectivity index is 2.04. The van der Waals surface area contributed by atoms with Crippen LogP contribution in [0.15, 0.2) is 48.5 Å². The van der Waals surface area contributed by atoms with Crippen molar-refractivity contribution >= 4 is 11.6 Å². The fourth-order valence-corrected chi connectivity index (χ4v) is 3.16. The van der Waals surface area contributed by atoms with E-state index in [2.05, 4.69) is 60.5 Å². The van der Waals surface area contributed by atoms with Crippen molar-refractivity contribution in [2.24, 2.45) is 0 Å². The third-order valence-electron chi connectivity index (χ3n) is 3.89. The highest BCUT2D eigenvalue weighted by atomic mass is 35.5. The van der Waals surface area contributed by atoms with Gasteiger partial charge in [0.15, 0.2) is 0 Å². The van der Waals surface area contributed by atoms with Crippen molar-refractivity contribution < 1.29 is 0 Å². The minimum atomic E-state index is 0.371. The van der Waals surface area contributed by atoms with Crippen LogP contribution in [0.3, 0.4) is 0 Å². The van der Waals surface area contributed by atoms with Gasteiger partial charge in [0.05, 0.1) is 6.04 Å². The Bertz CT molecular complexity index is 533. The highest BCUT2D eigenvalue weighted by molar-refractivity contribution is 6.17. The van der Waals surface area contributed by atoms with E-state index in [0.29, 0.717) is 6.04 Å². The van der Waals surface area contributed by atoms with E-state index in [0.717, 1.165) is 18.8 Å². The van der Waals surface area contributed by atoms with Gasteiger partial charge in [-0.15, -0.1) is 11.6 Å². The minimum Gasteiger partial charge on any atom is -0.295 e. The molecule has 0 unspecified atom stereocenters. The van der Waals surface area contributed by atoms with E-state index in [1.165, 1.54) is 22.3 Å². The van der Waals surface area contributed by atoms with E-state index < -0.39 is 0 Å². The molecular weight excluding hydrogens is 254 g/mol. The van der Waals surface area contributed by atoms with E-state index in [1.807, 2.05) is 0 Å². The van der Waals surface area contributed by atoms with E-state index in [4.69, 9.17) is 11.6 Å². The average molecular weight is 272 g/mol. The van der Waals surface area contributed by atoms with Crippen molar-refractivity contribution in [3.05, 3.63) is 59.7 Å². The molecule has 1 nitrogen and oxygen atoms in total. The van der Waals surface area contributed by atoms with Crippen molar-refractivity contribution in [3.8, 4) is 11.1 Å². The summed E-state index contributed by atoms with van der Waals surface area (Å²) in [4.78, 5) is 2.41. The Hall–Kier alpha value is -1.31. The van der Waals surface area contributed by atoms with Gasteiger partial charge < -0.3 is 0 Å². The minimum absolute atomic E-state index is 0.371. The van der Waals surface area contributed by atoms with Crippen LogP contribution in [0.25, 0.3) is 11.1 Å². The van der Waals surface area contributed by atoms with Crippen LogP contribution in [0.5, 0.6) is 0 Å². The molecule has 0 N–H and O–H groups in total. The van der Waals surface area contributed by atoms with E-state index >= 15 is 0 Å². The summed E-state index contributed by atoms with van der Waals surface area (Å²) in [6.07, 6.45) is 1.03. The lowest BCUT2D eigenvalue weighted by atomic mass is 10.0. The van der Waals surface area contributed by atoms with Crippen LogP contribution >= 0.6 is 11.6 Å². The SMILES string of the molecule is CN(CCCCl)C1c2ccccc2-c2ccccc21. The number of benzene rings is 2. The Kier molecular flexibility index (Phi) is 3.58. The number of hydrogen-bond acceptors (Lipinski definition) is 1. The van der Waals surface area contributed by atoms with Crippen LogP contribution in [0.2, 0.25) is 0 Å². The Morgan fingerprint density at radius 1 is 0.947 bits per heavy atom. The zero-order chi connectivity index (χ0) is 13.2. The first-order valence-corrected chi connectivity index (χ1v) is 7.31. The van der Waals surface area contributed by atoms with E-state index in [9.17, 15) is 0 Å². The first kappa shape index (κ1) is 12.7. The van der Waals surface area contributed by atoms with Gasteiger partial charge in [0.25, 0.3) is 0 Å². The molecule has 3 rings (SSSR count). The largest absolute Gasteiger partial charge is 0.295 e. The standard InChI is InChI=1S/C17H18ClN/c1-19(12-6-11-18)17-15-9-4-2-7-13(15)14-8-3-5-10-16(14)17/h2-5,7-10,17H,6,11-12H2,1H3. The molecule has 0 aromatic heterocycles. The quantitative estimate of drug-likeness (QED) is 0.749. The van der Waals surface area contributed by atoms with Crippen LogP contribution in [-0.2, 0) is 0 Å². The summed E-state index contributed by atoms with van der Waals surface area (Å²) >= 11 is 5.83. The zero-order valence-electron chi connectivity index (χ0n) is 11.1. The molecule has 1 aliphatic rings. The van der Waals surface area contributed by atoms with Crippen molar-refractivity contribution in [2.75, 3.05) is 19.5 Å². The maximum absolute atomic E-state index is 5.83. The summed E-state index contributed by atoms with van der Waals surface area (Å²) in [5.74, 6) is 0.723. The molecule has 0 amide bonds. The summed E-state index contributed by atoms with van der Waals surface area (Å²) in [5.41, 5.74) is 5.59. The molecule has 0 heterocycles. The first-order valence-electron chi connectivity index (χ1n) is 6.77. The summed E-state index contributed by atoms with van der Waals surface area (Å²) in [6.45, 7) is 1.02. The lowest BCUT2D eigenvalue weighted by molar-refractivity contribution is 0.284. The zero-order valence-corrected chi connectivity index (χ0v) is 11.9. The van der Waals surface area contributed by atoms with Crippen LogP contribution in [0.1, 0.15) is 23.6 Å². The highest BCUT2D eigenvalue weighted by Gasteiger charge is 2.30. The Morgan fingerprint density at radius 2 is 1.47 bits per heavy atom. The fraction of sp³-hybridized carbons (Fsp3) is 0.294. The molecule has 0 atom stereocenters. The van der Waals surface area contributed by atoms with Gasteiger partial charge in [0.2, 0.25) is 0 Å². The van der Waals surface area contributed by atoms with Gasteiger partial charge in [-0.3, -0.25) is 4.90 Å². The van der Waals surface area contributed by atoms with Crippen LogP contribution < -0.4 is 0 Å². The van der Waals surface area contributed by atoms with Gasteiger partial charge in [-0.05, 0) is 42.3 Å². The number of hydrogen-bond donors (Lipinski definition) is 0. The molecule has 0 saturated carbocycles. The number of fused-ring (bicyclic) bond motifs is 3. The van der Waals surface area contributed by atoms with Gasteiger partial charge in [0.1, 0.15) is 0 Å². The predicted molar refractivity (Wildman–Crippen MR) is 81.7 cm³/mol. The number of alkyl halides is 1. The van der Waals surface area contributed by atoms with Gasteiger partial charge in [0, 0.05) is 5.88 Å². The molecule has 2 aromatic carbocycles. The van der Waals surface area contributed by atoms with Crippen LogP contribution in [0, 0.1) is 0 Å². The van der Waals surface area contributed by atoms with Crippen molar-refractivity contribution in [1.29, 1.82) is 0 Å². The number of rotatable bonds is 4. The summed E-state index contributed by atoms with van der Waals surface area (Å²) in [6, 6.07) is 17.8. The molecule has 0 radical (unpaired) electrons. The van der Waals surface area contributed by atoms with Crippen molar-refractivity contribution in [3.63, 3.8) is 0 Å². The third kappa shape index (κ3) is 2.18. The molecule has 2 heteroatoms. The van der Waals surface area contributed by atoms with Gasteiger partial charge >= 0.3 is 0 Å². The van der Waals surface area contributed by atoms with Crippen molar-refractivity contribution in [2.45, 2.75) is 12.5 Å². The highest BCUT2D eigenvalue weighted by Crippen LogP contribution is 2.45. The molecule has 19 heavy (non-hydrogen) atoms. The molecule has 0 aliphatic heterocycles. The molecule has 1 aliphatic carbocycles. The summed E-state index contributed by atoms with van der Waals surface area (Å²) in [5, 5.41) is 0. The molecular formula is C17H18ClN. The smallest absolute Gasteiger partial charge is 0.0611 e. The average Bonchev–Trinajstić information content (AvgIpc) is 2.79. The molecule has 0 fully saturated rings. The van der Waals surface area contributed by atoms with Crippen LogP contribution in [-0.4, -0.2) is 24.4 Å². The molecule has 0 bridgehead atoms. The maximum Gasteiger partial charge on any atom is 0.0611 e. The summed E-state index contributed by atoms with van der Waals surface area (Å²) in [7, 11) is 2.19. The van der Waals surface area contributed by atoms with Crippen molar-refractivity contribution in [1.82, 2.24) is 4.90 Å². The van der Waals surface area contributed by atoms with E-state index in [1.54, 1.807) is 0 Å². The van der Waals surface area contributed by atoms with Gasteiger partial charge in [-0.25, -0.2) is 0 Å². The molecule has 2 aromatic rings. The monoisotopic (exact) mass is 271 g/mol. The van der Waals surface area contributed by atoms with E-state index in [-0.39, 0.29) is 0 Å². The molecule has 98 valence electrons. The third-order valence-corrected chi connectivity index (χ3v) is 4.15. The Morgan fingerprint density at radius 3 is 2.00 bits per heavy atom.